The number of thioether (sulfide) groups is 1. The molecule has 3 aromatic rings. The minimum absolute atomic E-state index is 0.147. The van der Waals surface area contributed by atoms with Crippen LogP contribution in [0.25, 0.3) is 10.2 Å². The predicted molar refractivity (Wildman–Crippen MR) is 115 cm³/mol. The van der Waals surface area contributed by atoms with Crippen LogP contribution < -0.4 is 10.9 Å². The second-order valence-electron chi connectivity index (χ2n) is 6.22. The smallest absolute Gasteiger partial charge is 0.259 e. The molecule has 0 saturated heterocycles. The van der Waals surface area contributed by atoms with E-state index in [2.05, 4.69) is 15.3 Å². The molecule has 28 heavy (non-hydrogen) atoms. The van der Waals surface area contributed by atoms with Crippen molar-refractivity contribution >= 4 is 56.5 Å². The molecule has 0 fully saturated rings. The number of anilines is 1. The molecule has 1 aromatic carbocycles. The van der Waals surface area contributed by atoms with Crippen molar-refractivity contribution in [1.82, 2.24) is 9.97 Å². The summed E-state index contributed by atoms with van der Waals surface area (Å²) < 4.78 is 0. The first-order valence-corrected chi connectivity index (χ1v) is 10.7. The lowest BCUT2D eigenvalue weighted by Crippen LogP contribution is -2.23. The van der Waals surface area contributed by atoms with Gasteiger partial charge in [0.2, 0.25) is 5.91 Å². The predicted octanol–water partition coefficient (Wildman–Crippen LogP) is 4.39. The zero-order valence-corrected chi connectivity index (χ0v) is 17.8. The number of nitrogens with one attached hydrogen (secondary N) is 2. The van der Waals surface area contributed by atoms with Crippen molar-refractivity contribution in [3.05, 3.63) is 55.4 Å². The van der Waals surface area contributed by atoms with Gasteiger partial charge in [0, 0.05) is 10.6 Å². The number of carbonyl (C=O) groups is 1. The van der Waals surface area contributed by atoms with Crippen LogP contribution in [-0.2, 0) is 10.5 Å². The van der Waals surface area contributed by atoms with E-state index in [0.717, 1.165) is 15.3 Å². The van der Waals surface area contributed by atoms with Crippen molar-refractivity contribution in [3.8, 4) is 6.07 Å². The van der Waals surface area contributed by atoms with Crippen LogP contribution in [0, 0.1) is 25.2 Å². The van der Waals surface area contributed by atoms with Crippen LogP contribution in [0.5, 0.6) is 0 Å². The number of nitrogens with zero attached hydrogens (tertiary/aromatic N) is 2. The Hall–Kier alpha value is -2.34. The maximum atomic E-state index is 12.4. The molecule has 1 atom stereocenters. The first-order valence-electron chi connectivity index (χ1n) is 8.41. The van der Waals surface area contributed by atoms with E-state index in [1.54, 1.807) is 25.1 Å². The fourth-order valence-electron chi connectivity index (χ4n) is 2.57. The van der Waals surface area contributed by atoms with E-state index in [9.17, 15) is 9.59 Å². The van der Waals surface area contributed by atoms with Crippen LogP contribution in [0.15, 0.2) is 23.0 Å². The van der Waals surface area contributed by atoms with Gasteiger partial charge in [-0.2, -0.15) is 5.26 Å². The van der Waals surface area contributed by atoms with Gasteiger partial charge in [-0.25, -0.2) is 4.98 Å². The summed E-state index contributed by atoms with van der Waals surface area (Å²) in [6.45, 7) is 5.67. The summed E-state index contributed by atoms with van der Waals surface area (Å²) >= 11 is 8.86. The average molecular weight is 433 g/mol. The Bertz CT molecular complexity index is 1160. The number of hydrogen-bond acceptors (Lipinski definition) is 6. The number of carbonyl (C=O) groups excluding carboxylic acids is 1. The Morgan fingerprint density at radius 2 is 2.21 bits per heavy atom. The lowest BCUT2D eigenvalue weighted by molar-refractivity contribution is -0.115. The van der Waals surface area contributed by atoms with Gasteiger partial charge < -0.3 is 10.3 Å². The topological polar surface area (TPSA) is 98.6 Å². The molecule has 0 aliphatic rings. The third-order valence-corrected chi connectivity index (χ3v) is 6.85. The van der Waals surface area contributed by atoms with E-state index in [4.69, 9.17) is 16.9 Å². The number of hydrogen-bond donors (Lipinski definition) is 2. The summed E-state index contributed by atoms with van der Waals surface area (Å²) in [7, 11) is 0. The van der Waals surface area contributed by atoms with E-state index >= 15 is 0 Å². The van der Waals surface area contributed by atoms with Crippen LogP contribution in [0.1, 0.15) is 28.8 Å². The molecule has 144 valence electrons. The second kappa shape index (κ2) is 8.35. The van der Waals surface area contributed by atoms with E-state index < -0.39 is 0 Å². The van der Waals surface area contributed by atoms with E-state index in [0.29, 0.717) is 28.2 Å². The third-order valence-electron chi connectivity index (χ3n) is 4.28. The summed E-state index contributed by atoms with van der Waals surface area (Å²) in [5, 5.41) is 12.2. The number of aromatic amines is 1. The summed E-state index contributed by atoms with van der Waals surface area (Å²) in [6.07, 6.45) is 0. The third kappa shape index (κ3) is 4.22. The van der Waals surface area contributed by atoms with Crippen molar-refractivity contribution in [2.75, 3.05) is 5.32 Å². The largest absolute Gasteiger partial charge is 0.325 e. The lowest BCUT2D eigenvalue weighted by atomic mass is 10.2. The highest BCUT2D eigenvalue weighted by atomic mass is 35.5. The standard InChI is InChI=1S/C19H17ClN4O2S2/c1-9-10(2)28-19-16(9)18(26)23-15(24-19)8-27-11(3)17(25)22-13-5-4-12(7-21)14(20)6-13/h4-6,11H,8H2,1-3H3,(H,22,25)(H,23,24,26). The minimum atomic E-state index is -0.373. The summed E-state index contributed by atoms with van der Waals surface area (Å²) in [6, 6.07) is 6.71. The van der Waals surface area contributed by atoms with Crippen molar-refractivity contribution in [2.45, 2.75) is 31.8 Å². The Morgan fingerprint density at radius 3 is 2.89 bits per heavy atom. The number of aromatic nitrogens is 2. The van der Waals surface area contributed by atoms with Gasteiger partial charge in [0.25, 0.3) is 5.56 Å². The molecule has 2 aromatic heterocycles. The first-order chi connectivity index (χ1) is 13.3. The Balaban J connectivity index is 1.66. The fourth-order valence-corrected chi connectivity index (χ4v) is 4.60. The Kier molecular flexibility index (Phi) is 6.08. The number of H-pyrrole nitrogens is 1. The van der Waals surface area contributed by atoms with Gasteiger partial charge in [-0.15, -0.1) is 23.1 Å². The Morgan fingerprint density at radius 1 is 1.46 bits per heavy atom. The molecule has 0 radical (unpaired) electrons. The average Bonchev–Trinajstić information content (AvgIpc) is 2.94. The van der Waals surface area contributed by atoms with Gasteiger partial charge in [-0.05, 0) is 44.5 Å². The van der Waals surface area contributed by atoms with Gasteiger partial charge in [0.1, 0.15) is 16.7 Å². The van der Waals surface area contributed by atoms with E-state index in [1.165, 1.54) is 23.1 Å². The van der Waals surface area contributed by atoms with Crippen molar-refractivity contribution in [3.63, 3.8) is 0 Å². The normalized spacial score (nSPS) is 12.0. The molecular weight excluding hydrogens is 416 g/mol. The number of amides is 1. The highest BCUT2D eigenvalue weighted by molar-refractivity contribution is 7.99. The molecule has 9 heteroatoms. The van der Waals surface area contributed by atoms with Crippen molar-refractivity contribution in [1.29, 1.82) is 5.26 Å². The van der Waals surface area contributed by atoms with Crippen LogP contribution in [-0.4, -0.2) is 21.1 Å². The quantitative estimate of drug-likeness (QED) is 0.623. The molecule has 0 aliphatic heterocycles. The second-order valence-corrected chi connectivity index (χ2v) is 9.16. The number of rotatable bonds is 5. The van der Waals surface area contributed by atoms with Crippen LogP contribution in [0.3, 0.4) is 0 Å². The van der Waals surface area contributed by atoms with Crippen molar-refractivity contribution in [2.24, 2.45) is 0 Å². The van der Waals surface area contributed by atoms with Gasteiger partial charge >= 0.3 is 0 Å². The number of nitriles is 1. The molecule has 0 aliphatic carbocycles. The van der Waals surface area contributed by atoms with Gasteiger partial charge in [-0.1, -0.05) is 11.6 Å². The molecular formula is C19H17ClN4O2S2. The van der Waals surface area contributed by atoms with E-state index in [-0.39, 0.29) is 21.7 Å². The summed E-state index contributed by atoms with van der Waals surface area (Å²) in [5.41, 5.74) is 1.69. The molecule has 0 bridgehead atoms. The number of benzene rings is 1. The monoisotopic (exact) mass is 432 g/mol. The molecule has 1 amide bonds. The molecule has 2 N–H and O–H groups in total. The zero-order chi connectivity index (χ0) is 20.4. The van der Waals surface area contributed by atoms with Gasteiger partial charge in [0.05, 0.1) is 27.0 Å². The lowest BCUT2D eigenvalue weighted by Gasteiger charge is -2.12. The maximum Gasteiger partial charge on any atom is 0.259 e. The molecule has 3 rings (SSSR count). The highest BCUT2D eigenvalue weighted by Gasteiger charge is 2.16. The summed E-state index contributed by atoms with van der Waals surface area (Å²) in [5.74, 6) is 0.756. The van der Waals surface area contributed by atoms with Crippen LogP contribution >= 0.6 is 34.7 Å². The Labute approximate surface area is 174 Å². The van der Waals surface area contributed by atoms with Gasteiger partial charge in [0.15, 0.2) is 0 Å². The number of aryl methyl sites for hydroxylation is 2. The molecule has 0 spiro atoms. The van der Waals surface area contributed by atoms with Crippen LogP contribution in [0.2, 0.25) is 5.02 Å². The maximum absolute atomic E-state index is 12.4. The fraction of sp³-hybridized carbons (Fsp3) is 0.263. The SMILES string of the molecule is Cc1sc2nc(CSC(C)C(=O)Nc3ccc(C#N)c(Cl)c3)[nH]c(=O)c2c1C. The van der Waals surface area contributed by atoms with Crippen molar-refractivity contribution < 1.29 is 4.79 Å². The number of halogens is 1. The first kappa shape index (κ1) is 20.4. The van der Waals surface area contributed by atoms with Crippen LogP contribution in [0.4, 0.5) is 5.69 Å². The van der Waals surface area contributed by atoms with E-state index in [1.807, 2.05) is 19.9 Å². The number of fused-ring (bicyclic) bond motifs is 1. The minimum Gasteiger partial charge on any atom is -0.325 e. The molecule has 6 nitrogen and oxygen atoms in total. The molecule has 0 saturated carbocycles. The molecule has 1 unspecified atom stereocenters. The molecule has 2 heterocycles. The summed E-state index contributed by atoms with van der Waals surface area (Å²) in [4.78, 5) is 33.9. The highest BCUT2D eigenvalue weighted by Crippen LogP contribution is 2.27. The van der Waals surface area contributed by atoms with Gasteiger partial charge in [-0.3, -0.25) is 9.59 Å². The number of thiophene rings is 1. The zero-order valence-electron chi connectivity index (χ0n) is 15.4.